The van der Waals surface area contributed by atoms with Crippen molar-refractivity contribution in [3.63, 3.8) is 0 Å². The summed E-state index contributed by atoms with van der Waals surface area (Å²) < 4.78 is 15.6. The lowest BCUT2D eigenvalue weighted by molar-refractivity contribution is -0.204. The van der Waals surface area contributed by atoms with E-state index in [1.54, 1.807) is 59.7 Å². The highest BCUT2D eigenvalue weighted by Gasteiger charge is 2.55. The molecule has 0 aromatic heterocycles. The topological polar surface area (TPSA) is 78.9 Å². The quantitative estimate of drug-likeness (QED) is 0.356. The summed E-state index contributed by atoms with van der Waals surface area (Å²) in [6, 6.07) is 7.94. The summed E-state index contributed by atoms with van der Waals surface area (Å²) in [6.07, 6.45) is 0. The van der Waals surface area contributed by atoms with Crippen molar-refractivity contribution in [3.05, 3.63) is 35.9 Å². The third-order valence-electron chi connectivity index (χ3n) is 2.78. The van der Waals surface area contributed by atoms with Crippen LogP contribution in [0.2, 0.25) is 0 Å². The first-order valence-corrected chi connectivity index (χ1v) is 7.56. The molecule has 0 N–H and O–H groups in total. The Balaban J connectivity index is 3.49. The van der Waals surface area contributed by atoms with Gasteiger partial charge in [0.25, 0.3) is 6.47 Å². The molecule has 0 bridgehead atoms. The van der Waals surface area contributed by atoms with Gasteiger partial charge in [0, 0.05) is 5.56 Å². The van der Waals surface area contributed by atoms with Gasteiger partial charge in [-0.05, 0) is 41.5 Å². The van der Waals surface area contributed by atoms with Crippen molar-refractivity contribution in [1.29, 1.82) is 0 Å². The number of carbonyl (C=O) groups is 3. The molecule has 0 radical (unpaired) electrons. The lowest BCUT2D eigenvalue weighted by Gasteiger charge is -2.33. The molecule has 1 rings (SSSR count). The summed E-state index contributed by atoms with van der Waals surface area (Å²) in [5, 5.41) is 0. The fourth-order valence-electron chi connectivity index (χ4n) is 1.93. The highest BCUT2D eigenvalue weighted by molar-refractivity contribution is 6.05. The highest BCUT2D eigenvalue weighted by atomic mass is 16.6. The van der Waals surface area contributed by atoms with E-state index in [0.717, 1.165) is 0 Å². The third-order valence-corrected chi connectivity index (χ3v) is 2.78. The summed E-state index contributed by atoms with van der Waals surface area (Å²) in [5.74, 6) is -2.02. The average molecular weight is 336 g/mol. The van der Waals surface area contributed by atoms with Gasteiger partial charge >= 0.3 is 17.5 Å². The van der Waals surface area contributed by atoms with Crippen molar-refractivity contribution >= 4 is 18.4 Å². The van der Waals surface area contributed by atoms with E-state index in [9.17, 15) is 14.4 Å². The minimum Gasteiger partial charge on any atom is -0.456 e. The Hall–Kier alpha value is -2.37. The first-order valence-electron chi connectivity index (χ1n) is 7.56. The number of hydrogen-bond donors (Lipinski definition) is 0. The molecule has 0 heterocycles. The van der Waals surface area contributed by atoms with Crippen LogP contribution in [0.4, 0.5) is 0 Å². The zero-order valence-corrected chi connectivity index (χ0v) is 14.9. The van der Waals surface area contributed by atoms with E-state index in [2.05, 4.69) is 0 Å². The van der Waals surface area contributed by atoms with E-state index in [-0.39, 0.29) is 12.0 Å². The second kappa shape index (κ2) is 7.03. The van der Waals surface area contributed by atoms with Crippen molar-refractivity contribution in [2.24, 2.45) is 0 Å². The van der Waals surface area contributed by atoms with Crippen LogP contribution >= 0.6 is 0 Å². The largest absolute Gasteiger partial charge is 0.456 e. The predicted molar refractivity (Wildman–Crippen MR) is 87.0 cm³/mol. The third kappa shape index (κ3) is 4.81. The first kappa shape index (κ1) is 19.7. The van der Waals surface area contributed by atoms with E-state index in [1.807, 2.05) is 0 Å². The van der Waals surface area contributed by atoms with Crippen molar-refractivity contribution < 1.29 is 28.6 Å². The van der Waals surface area contributed by atoms with E-state index < -0.39 is 28.7 Å². The average Bonchev–Trinajstić information content (AvgIpc) is 2.41. The number of benzene rings is 1. The van der Waals surface area contributed by atoms with Crippen molar-refractivity contribution in [3.8, 4) is 0 Å². The Morgan fingerprint density at radius 2 is 1.25 bits per heavy atom. The minimum absolute atomic E-state index is 0.0425. The van der Waals surface area contributed by atoms with E-state index in [4.69, 9.17) is 14.2 Å². The highest BCUT2D eigenvalue weighted by Crippen LogP contribution is 2.32. The van der Waals surface area contributed by atoms with Gasteiger partial charge in [0.1, 0.15) is 11.2 Å². The SMILES string of the molecule is CC(C)(C)OC(=O)C(OC=O)(C(=O)OC(C)(C)C)c1ccccc1. The minimum atomic E-state index is -2.32. The predicted octanol–water partition coefficient (Wildman–Crippen LogP) is 2.74. The van der Waals surface area contributed by atoms with Gasteiger partial charge in [-0.25, -0.2) is 9.59 Å². The van der Waals surface area contributed by atoms with Gasteiger partial charge in [0.05, 0.1) is 0 Å². The van der Waals surface area contributed by atoms with Crippen LogP contribution in [-0.2, 0) is 34.2 Å². The number of carbonyl (C=O) groups excluding carboxylic acids is 3. The molecular formula is C18H24O6. The summed E-state index contributed by atoms with van der Waals surface area (Å²) in [7, 11) is 0. The van der Waals surface area contributed by atoms with Crippen molar-refractivity contribution in [2.45, 2.75) is 58.3 Å². The molecule has 132 valence electrons. The normalized spacial score (nSPS) is 12.2. The Bertz CT molecular complexity index is 564. The van der Waals surface area contributed by atoms with Crippen LogP contribution in [0.3, 0.4) is 0 Å². The molecule has 0 aliphatic carbocycles. The van der Waals surface area contributed by atoms with Gasteiger partial charge in [-0.1, -0.05) is 30.3 Å². The van der Waals surface area contributed by atoms with Crippen LogP contribution in [-0.4, -0.2) is 29.6 Å². The van der Waals surface area contributed by atoms with Gasteiger partial charge in [0.15, 0.2) is 0 Å². The molecule has 24 heavy (non-hydrogen) atoms. The summed E-state index contributed by atoms with van der Waals surface area (Å²) >= 11 is 0. The molecule has 0 fully saturated rings. The van der Waals surface area contributed by atoms with Crippen LogP contribution in [0.1, 0.15) is 47.1 Å². The lowest BCUT2D eigenvalue weighted by Crippen LogP contribution is -2.51. The lowest BCUT2D eigenvalue weighted by atomic mass is 9.92. The van der Waals surface area contributed by atoms with Gasteiger partial charge in [0.2, 0.25) is 0 Å². The molecule has 1 aromatic rings. The zero-order valence-electron chi connectivity index (χ0n) is 14.9. The number of ether oxygens (including phenoxy) is 3. The van der Waals surface area contributed by atoms with Gasteiger partial charge in [-0.3, -0.25) is 4.79 Å². The zero-order chi connectivity index (χ0) is 18.6. The van der Waals surface area contributed by atoms with Gasteiger partial charge in [-0.2, -0.15) is 0 Å². The van der Waals surface area contributed by atoms with Crippen LogP contribution in [0, 0.1) is 0 Å². The molecule has 0 aliphatic heterocycles. The second-order valence-electron chi connectivity index (χ2n) is 7.27. The molecule has 0 amide bonds. The van der Waals surface area contributed by atoms with Gasteiger partial charge in [-0.15, -0.1) is 0 Å². The summed E-state index contributed by atoms with van der Waals surface area (Å²) in [6.45, 7) is 9.94. The molecule has 0 saturated heterocycles. The van der Waals surface area contributed by atoms with Crippen LogP contribution in [0.5, 0.6) is 0 Å². The van der Waals surface area contributed by atoms with Crippen LogP contribution in [0.25, 0.3) is 0 Å². The Morgan fingerprint density at radius 1 is 0.833 bits per heavy atom. The Labute approximate surface area is 142 Å². The molecule has 0 saturated carbocycles. The smallest absolute Gasteiger partial charge is 0.368 e. The van der Waals surface area contributed by atoms with E-state index >= 15 is 0 Å². The second-order valence-corrected chi connectivity index (χ2v) is 7.27. The van der Waals surface area contributed by atoms with Crippen LogP contribution in [0.15, 0.2) is 30.3 Å². The maximum Gasteiger partial charge on any atom is 0.368 e. The number of rotatable bonds is 5. The molecule has 0 spiro atoms. The maximum absolute atomic E-state index is 12.8. The van der Waals surface area contributed by atoms with E-state index in [1.165, 1.54) is 12.1 Å². The molecule has 0 atom stereocenters. The molecule has 0 aliphatic rings. The number of hydrogen-bond acceptors (Lipinski definition) is 6. The molecule has 6 heteroatoms. The Kier molecular flexibility index (Phi) is 5.76. The van der Waals surface area contributed by atoms with Gasteiger partial charge < -0.3 is 14.2 Å². The molecule has 6 nitrogen and oxygen atoms in total. The molecule has 0 unspecified atom stereocenters. The standard InChI is InChI=1S/C18H24O6/c1-16(2,3)23-14(20)18(22-12-19,13-10-8-7-9-11-13)15(21)24-17(4,5)6/h7-12H,1-6H3. The molecule has 1 aromatic carbocycles. The van der Waals surface area contributed by atoms with Crippen molar-refractivity contribution in [2.75, 3.05) is 0 Å². The van der Waals surface area contributed by atoms with Crippen molar-refractivity contribution in [1.82, 2.24) is 0 Å². The molecular weight excluding hydrogens is 312 g/mol. The number of esters is 2. The first-order chi connectivity index (χ1) is 10.9. The Morgan fingerprint density at radius 3 is 1.58 bits per heavy atom. The summed E-state index contributed by atoms with van der Waals surface area (Å²) in [4.78, 5) is 36.7. The fraction of sp³-hybridized carbons (Fsp3) is 0.500. The van der Waals surface area contributed by atoms with E-state index in [0.29, 0.717) is 0 Å². The monoisotopic (exact) mass is 336 g/mol. The van der Waals surface area contributed by atoms with Crippen LogP contribution < -0.4 is 0 Å². The maximum atomic E-state index is 12.8. The fourth-order valence-corrected chi connectivity index (χ4v) is 1.93. The summed E-state index contributed by atoms with van der Waals surface area (Å²) in [5.41, 5.74) is -3.93.